The van der Waals surface area contributed by atoms with Gasteiger partial charge in [-0.1, -0.05) is 0 Å². The summed E-state index contributed by atoms with van der Waals surface area (Å²) in [5.41, 5.74) is 1.98. The van der Waals surface area contributed by atoms with Gasteiger partial charge in [-0.2, -0.15) is 0 Å². The number of rotatable bonds is 15. The maximum absolute atomic E-state index is 6.15. The Morgan fingerprint density at radius 2 is 0.370 bits per heavy atom. The molecule has 254 valence electrons. The summed E-state index contributed by atoms with van der Waals surface area (Å²) in [5, 5.41) is 1.57. The van der Waals surface area contributed by atoms with Crippen LogP contribution in [0.3, 0.4) is 0 Å². The van der Waals surface area contributed by atoms with Crippen LogP contribution < -0.4 is 72.8 Å². The van der Waals surface area contributed by atoms with Crippen molar-refractivity contribution in [1.29, 1.82) is 0 Å². The zero-order valence-electron chi connectivity index (χ0n) is 29.3. The SMILES string of the molecule is COc1c(C)c(OC)c(OC)c(P(c2c(OC)c(OC)c(C)c(OC)c2OC)c2c(OC)c(OC)c(C)c(OC)c2OC)c1OC. The van der Waals surface area contributed by atoms with E-state index in [0.29, 0.717) is 102 Å². The number of ether oxygens (including phenoxy) is 12. The van der Waals surface area contributed by atoms with E-state index in [4.69, 9.17) is 56.8 Å². The lowest BCUT2D eigenvalue weighted by Gasteiger charge is -2.33. The first-order valence-corrected chi connectivity index (χ1v) is 15.4. The molecule has 0 amide bonds. The largest absolute Gasteiger partial charge is 0.492 e. The van der Waals surface area contributed by atoms with Gasteiger partial charge in [-0.15, -0.1) is 0 Å². The van der Waals surface area contributed by atoms with Gasteiger partial charge in [0, 0.05) is 24.6 Å². The molecule has 0 aliphatic carbocycles. The van der Waals surface area contributed by atoms with Crippen molar-refractivity contribution < 1.29 is 56.8 Å². The molecule has 0 radical (unpaired) electrons. The Hall–Kier alpha value is -4.31. The number of hydrogen-bond donors (Lipinski definition) is 0. The zero-order valence-corrected chi connectivity index (χ0v) is 30.2. The van der Waals surface area contributed by atoms with Crippen molar-refractivity contribution in [3.63, 3.8) is 0 Å². The minimum absolute atomic E-state index is 0.369. The molecule has 0 unspecified atom stereocenters. The van der Waals surface area contributed by atoms with Gasteiger partial charge in [0.25, 0.3) is 0 Å². The Morgan fingerprint density at radius 1 is 0.239 bits per heavy atom. The van der Waals surface area contributed by atoms with Crippen LogP contribution in [-0.2, 0) is 0 Å². The Kier molecular flexibility index (Phi) is 12.0. The first-order chi connectivity index (χ1) is 22.1. The van der Waals surface area contributed by atoms with E-state index in [1.807, 2.05) is 20.8 Å². The molecule has 0 aliphatic rings. The fraction of sp³-hybridized carbons (Fsp3) is 0.455. The zero-order chi connectivity index (χ0) is 34.5. The lowest BCUT2D eigenvalue weighted by atomic mass is 10.1. The Balaban J connectivity index is 2.97. The molecule has 0 N–H and O–H groups in total. The van der Waals surface area contributed by atoms with Gasteiger partial charge in [0.05, 0.1) is 101 Å². The number of hydrogen-bond acceptors (Lipinski definition) is 12. The molecular formula is C33H45O12P. The van der Waals surface area contributed by atoms with Crippen LogP contribution in [0, 0.1) is 20.8 Å². The van der Waals surface area contributed by atoms with Crippen molar-refractivity contribution in [3.05, 3.63) is 16.7 Å². The van der Waals surface area contributed by atoms with Crippen molar-refractivity contribution in [2.24, 2.45) is 0 Å². The minimum atomic E-state index is -2.00. The van der Waals surface area contributed by atoms with Crippen molar-refractivity contribution >= 4 is 23.8 Å². The second-order valence-corrected chi connectivity index (χ2v) is 11.7. The highest BCUT2D eigenvalue weighted by Crippen LogP contribution is 2.60. The van der Waals surface area contributed by atoms with Gasteiger partial charge in [0.2, 0.25) is 0 Å². The first-order valence-electron chi connectivity index (χ1n) is 14.0. The highest BCUT2D eigenvalue weighted by Gasteiger charge is 2.43. The van der Waals surface area contributed by atoms with Crippen molar-refractivity contribution in [2.45, 2.75) is 20.8 Å². The lowest BCUT2D eigenvalue weighted by molar-refractivity contribution is 0.328. The summed E-state index contributed by atoms with van der Waals surface area (Å²) >= 11 is 0. The van der Waals surface area contributed by atoms with E-state index >= 15 is 0 Å². The molecule has 3 aromatic rings. The maximum Gasteiger partial charge on any atom is 0.173 e. The van der Waals surface area contributed by atoms with Gasteiger partial charge in [-0.05, 0) is 20.8 Å². The van der Waals surface area contributed by atoms with E-state index in [2.05, 4.69) is 0 Å². The van der Waals surface area contributed by atoms with E-state index < -0.39 is 7.92 Å². The predicted octanol–water partition coefficient (Wildman–Crippen LogP) is 4.47. The van der Waals surface area contributed by atoms with E-state index in [-0.39, 0.29) is 0 Å². The Morgan fingerprint density at radius 3 is 0.478 bits per heavy atom. The molecule has 0 atom stereocenters. The van der Waals surface area contributed by atoms with E-state index in [0.717, 1.165) is 0 Å². The highest BCUT2D eigenvalue weighted by molar-refractivity contribution is 7.81. The smallest absolute Gasteiger partial charge is 0.173 e. The monoisotopic (exact) mass is 664 g/mol. The molecule has 13 heteroatoms. The quantitative estimate of drug-likeness (QED) is 0.214. The van der Waals surface area contributed by atoms with Crippen LogP contribution in [0.5, 0.6) is 69.0 Å². The van der Waals surface area contributed by atoms with Crippen LogP contribution in [0.25, 0.3) is 0 Å². The standard InChI is InChI=1S/C33H45O12P/c1-16-19(34-4)25(40-10)31(26(41-11)20(16)35-5)46(32-27(42-12)21(36-6)17(2)22(37-7)28(32)43-13)33-29(44-14)23(38-8)18(3)24(39-9)30(33)45-15/h1-15H3. The summed E-state index contributed by atoms with van der Waals surface area (Å²) in [6.07, 6.45) is 0. The highest BCUT2D eigenvalue weighted by atomic mass is 31.1. The fourth-order valence-corrected chi connectivity index (χ4v) is 8.89. The first kappa shape index (κ1) is 36.2. The Labute approximate surface area is 272 Å². The van der Waals surface area contributed by atoms with Crippen molar-refractivity contribution in [2.75, 3.05) is 85.3 Å². The molecule has 12 nitrogen and oxygen atoms in total. The molecule has 0 fully saturated rings. The molecule has 0 heterocycles. The number of methoxy groups -OCH3 is 12. The van der Waals surface area contributed by atoms with E-state index in [9.17, 15) is 0 Å². The predicted molar refractivity (Wildman–Crippen MR) is 178 cm³/mol. The lowest BCUT2D eigenvalue weighted by Crippen LogP contribution is -2.29. The van der Waals surface area contributed by atoms with E-state index in [1.165, 1.54) is 0 Å². The maximum atomic E-state index is 6.15. The minimum Gasteiger partial charge on any atom is -0.492 e. The molecule has 46 heavy (non-hydrogen) atoms. The third-order valence-electron chi connectivity index (χ3n) is 7.69. The van der Waals surface area contributed by atoms with Crippen LogP contribution in [0.2, 0.25) is 0 Å². The van der Waals surface area contributed by atoms with Crippen LogP contribution in [0.1, 0.15) is 16.7 Å². The van der Waals surface area contributed by atoms with Crippen LogP contribution >= 0.6 is 7.92 Å². The normalized spacial score (nSPS) is 10.7. The topological polar surface area (TPSA) is 111 Å². The summed E-state index contributed by atoms with van der Waals surface area (Å²) < 4.78 is 72.5. The average Bonchev–Trinajstić information content (AvgIpc) is 3.07. The molecule has 0 saturated carbocycles. The Bertz CT molecular complexity index is 1290. The second-order valence-electron chi connectivity index (χ2n) is 9.66. The molecular weight excluding hydrogens is 619 g/mol. The summed E-state index contributed by atoms with van der Waals surface area (Å²) in [7, 11) is 16.6. The van der Waals surface area contributed by atoms with Crippen LogP contribution in [0.15, 0.2) is 0 Å². The molecule has 0 aliphatic heterocycles. The van der Waals surface area contributed by atoms with Crippen molar-refractivity contribution in [3.8, 4) is 69.0 Å². The third-order valence-corrected chi connectivity index (χ3v) is 10.3. The molecule has 3 rings (SSSR count). The summed E-state index contributed by atoms with van der Waals surface area (Å²) in [4.78, 5) is 0. The summed E-state index contributed by atoms with van der Waals surface area (Å²) in [6, 6.07) is 0. The van der Waals surface area contributed by atoms with Crippen LogP contribution in [-0.4, -0.2) is 85.3 Å². The third kappa shape index (κ3) is 5.53. The number of benzene rings is 3. The summed E-state index contributed by atoms with van der Waals surface area (Å²) in [6.45, 7) is 5.56. The molecule has 0 bridgehead atoms. The van der Waals surface area contributed by atoms with Gasteiger partial charge in [-0.25, -0.2) is 0 Å². The molecule has 0 aromatic heterocycles. The van der Waals surface area contributed by atoms with Crippen LogP contribution in [0.4, 0.5) is 0 Å². The van der Waals surface area contributed by atoms with Gasteiger partial charge in [-0.3, -0.25) is 0 Å². The van der Waals surface area contributed by atoms with E-state index in [1.54, 1.807) is 85.3 Å². The average molecular weight is 665 g/mol. The second kappa shape index (κ2) is 15.3. The molecule has 3 aromatic carbocycles. The van der Waals surface area contributed by atoms with Gasteiger partial charge >= 0.3 is 0 Å². The van der Waals surface area contributed by atoms with Crippen molar-refractivity contribution in [1.82, 2.24) is 0 Å². The summed E-state index contributed by atoms with van der Waals surface area (Å²) in [5.74, 6) is 4.78. The van der Waals surface area contributed by atoms with Gasteiger partial charge < -0.3 is 56.8 Å². The van der Waals surface area contributed by atoms with Gasteiger partial charge in [0.15, 0.2) is 69.0 Å². The molecule has 0 saturated heterocycles. The fourth-order valence-electron chi connectivity index (χ4n) is 5.84. The van der Waals surface area contributed by atoms with Gasteiger partial charge in [0.1, 0.15) is 0 Å². The molecule has 0 spiro atoms.